The third kappa shape index (κ3) is 2.75. The van der Waals surface area contributed by atoms with E-state index >= 15 is 9.13 Å². The summed E-state index contributed by atoms with van der Waals surface area (Å²) in [5.41, 5.74) is 1.91. The molecule has 1 fully saturated rings. The van der Waals surface area contributed by atoms with Gasteiger partial charge in [0.05, 0.1) is 15.6 Å². The number of hydrogen-bond acceptors (Lipinski definition) is 4. The fraction of sp³-hybridized carbons (Fsp3) is 0.143. The van der Waals surface area contributed by atoms with E-state index in [0.29, 0.717) is 0 Å². The first kappa shape index (κ1) is 21.3. The molecule has 1 saturated heterocycles. The highest BCUT2D eigenvalue weighted by atomic mass is 32.2. The van der Waals surface area contributed by atoms with Gasteiger partial charge in [-0.15, -0.1) is 23.5 Å². The monoisotopic (exact) mass is 516 g/mol. The third-order valence-corrected chi connectivity index (χ3v) is 19.8. The van der Waals surface area contributed by atoms with Gasteiger partial charge in [0.15, 0.2) is 0 Å². The van der Waals surface area contributed by atoms with E-state index < -0.39 is 14.3 Å². The van der Waals surface area contributed by atoms with Crippen LogP contribution in [0.15, 0.2) is 125 Å². The lowest BCUT2D eigenvalue weighted by atomic mass is 10.1. The van der Waals surface area contributed by atoms with Gasteiger partial charge >= 0.3 is 0 Å². The first-order valence-corrected chi connectivity index (χ1v) is 16.9. The normalized spacial score (nSPS) is 34.9. The average Bonchev–Trinajstić information content (AvgIpc) is 3.49. The molecular formula is C28H22O2P2S2. The van der Waals surface area contributed by atoms with E-state index in [4.69, 9.17) is 0 Å². The second kappa shape index (κ2) is 7.77. The number of allylic oxidation sites excluding steroid dienone is 3. The smallest absolute Gasteiger partial charge is 0.150 e. The topological polar surface area (TPSA) is 34.1 Å². The van der Waals surface area contributed by atoms with Crippen molar-refractivity contribution in [1.82, 2.24) is 0 Å². The maximum atomic E-state index is 15.7. The van der Waals surface area contributed by atoms with Crippen molar-refractivity contribution in [3.63, 3.8) is 0 Å². The van der Waals surface area contributed by atoms with Crippen LogP contribution in [0.5, 0.6) is 0 Å². The van der Waals surface area contributed by atoms with Crippen LogP contribution in [0.1, 0.15) is 11.2 Å². The first-order chi connectivity index (χ1) is 16.6. The van der Waals surface area contributed by atoms with E-state index in [9.17, 15) is 0 Å². The molecule has 4 aliphatic rings. The Morgan fingerprint density at radius 2 is 1.41 bits per heavy atom. The van der Waals surface area contributed by atoms with Gasteiger partial charge in [-0.25, -0.2) is 0 Å². The highest BCUT2D eigenvalue weighted by Gasteiger charge is 2.66. The summed E-state index contributed by atoms with van der Waals surface area (Å²) in [6.45, 7) is 0. The van der Waals surface area contributed by atoms with Crippen molar-refractivity contribution >= 4 is 48.4 Å². The summed E-state index contributed by atoms with van der Waals surface area (Å²) in [6.07, 6.45) is 8.39. The molecule has 6 heteroatoms. The lowest BCUT2D eigenvalue weighted by Crippen LogP contribution is -2.34. The minimum Gasteiger partial charge on any atom is -0.316 e. The van der Waals surface area contributed by atoms with E-state index in [1.54, 1.807) is 23.5 Å². The van der Waals surface area contributed by atoms with Crippen LogP contribution in [-0.4, -0.2) is 15.2 Å². The highest BCUT2D eigenvalue weighted by molar-refractivity contribution is 8.16. The van der Waals surface area contributed by atoms with Crippen molar-refractivity contribution in [3.8, 4) is 0 Å². The van der Waals surface area contributed by atoms with Crippen molar-refractivity contribution in [2.45, 2.75) is 25.8 Å². The molecule has 168 valence electrons. The Balaban J connectivity index is 1.59. The summed E-state index contributed by atoms with van der Waals surface area (Å²) in [7, 11) is -6.12. The molecule has 0 spiro atoms. The predicted octanol–water partition coefficient (Wildman–Crippen LogP) is 7.37. The summed E-state index contributed by atoms with van der Waals surface area (Å²) < 4.78 is 31.3. The van der Waals surface area contributed by atoms with Crippen LogP contribution in [0, 0.1) is 0 Å². The number of benzene rings is 3. The van der Waals surface area contributed by atoms with Crippen molar-refractivity contribution < 1.29 is 9.13 Å². The molecule has 3 aromatic rings. The third-order valence-electron chi connectivity index (χ3n) is 7.32. The Morgan fingerprint density at radius 3 is 2.18 bits per heavy atom. The number of thioether (sulfide) groups is 2. The Kier molecular flexibility index (Phi) is 4.88. The quantitative estimate of drug-likeness (QED) is 0.333. The lowest BCUT2D eigenvalue weighted by Gasteiger charge is -2.44. The van der Waals surface area contributed by atoms with Crippen LogP contribution >= 0.6 is 37.8 Å². The summed E-state index contributed by atoms with van der Waals surface area (Å²) >= 11 is 3.44. The zero-order valence-corrected chi connectivity index (χ0v) is 21.7. The summed E-state index contributed by atoms with van der Waals surface area (Å²) in [4.78, 5) is 0.598. The molecule has 34 heavy (non-hydrogen) atoms. The Hall–Kier alpha value is -1.96. The van der Waals surface area contributed by atoms with Crippen LogP contribution in [0.4, 0.5) is 0 Å². The van der Waals surface area contributed by atoms with Gasteiger partial charge in [-0.05, 0) is 17.2 Å². The largest absolute Gasteiger partial charge is 0.316 e. The molecule has 7 rings (SSSR count). The fourth-order valence-corrected chi connectivity index (χ4v) is 21.5. The van der Waals surface area contributed by atoms with Gasteiger partial charge in [-0.2, -0.15) is 0 Å². The highest BCUT2D eigenvalue weighted by Crippen LogP contribution is 2.88. The maximum Gasteiger partial charge on any atom is 0.150 e. The molecule has 1 aliphatic carbocycles. The fourth-order valence-electron chi connectivity index (χ4n) is 5.87. The van der Waals surface area contributed by atoms with E-state index in [-0.39, 0.29) is 20.9 Å². The minimum atomic E-state index is -3.11. The molecule has 2 nitrogen and oxygen atoms in total. The van der Waals surface area contributed by atoms with Crippen LogP contribution in [0.2, 0.25) is 0 Å². The maximum absolute atomic E-state index is 15.7. The molecule has 0 aromatic heterocycles. The minimum absolute atomic E-state index is 0.0955. The zero-order valence-electron chi connectivity index (χ0n) is 18.2. The van der Waals surface area contributed by atoms with Gasteiger partial charge in [-0.1, -0.05) is 103 Å². The first-order valence-electron chi connectivity index (χ1n) is 11.4. The van der Waals surface area contributed by atoms with E-state index in [0.717, 1.165) is 32.0 Å². The van der Waals surface area contributed by atoms with E-state index in [2.05, 4.69) is 30.4 Å². The Bertz CT molecular complexity index is 1490. The molecule has 0 saturated carbocycles. The molecule has 0 radical (unpaired) electrons. The molecular weight excluding hydrogens is 494 g/mol. The molecule has 0 N–H and O–H groups in total. The molecule has 3 aliphatic heterocycles. The van der Waals surface area contributed by atoms with Crippen LogP contribution in [0.3, 0.4) is 0 Å². The van der Waals surface area contributed by atoms with Crippen molar-refractivity contribution in [2.75, 3.05) is 0 Å². The van der Waals surface area contributed by atoms with Crippen LogP contribution < -0.4 is 10.6 Å². The Morgan fingerprint density at radius 1 is 0.735 bits per heavy atom. The molecule has 0 amide bonds. The summed E-state index contributed by atoms with van der Waals surface area (Å²) in [6, 6.07) is 28.3. The number of fused-ring (bicyclic) bond motifs is 5. The number of hydrogen-bond donors (Lipinski definition) is 0. The molecule has 6 atom stereocenters. The predicted molar refractivity (Wildman–Crippen MR) is 147 cm³/mol. The van der Waals surface area contributed by atoms with Crippen molar-refractivity contribution in [1.29, 1.82) is 0 Å². The van der Waals surface area contributed by atoms with Gasteiger partial charge in [0.2, 0.25) is 0 Å². The van der Waals surface area contributed by atoms with Gasteiger partial charge in [-0.3, -0.25) is 0 Å². The molecule has 3 aromatic carbocycles. The molecule has 3 heterocycles. The summed E-state index contributed by atoms with van der Waals surface area (Å²) in [5.74, 6) is 0. The molecule has 6 unspecified atom stereocenters. The van der Waals surface area contributed by atoms with E-state index in [1.165, 1.54) is 0 Å². The van der Waals surface area contributed by atoms with Crippen molar-refractivity contribution in [3.05, 3.63) is 126 Å². The van der Waals surface area contributed by atoms with Crippen molar-refractivity contribution in [2.24, 2.45) is 0 Å². The van der Waals surface area contributed by atoms with Gasteiger partial charge in [0, 0.05) is 26.1 Å². The Labute approximate surface area is 208 Å². The second-order valence-corrected chi connectivity index (χ2v) is 18.0. The number of rotatable bonds is 2. The summed E-state index contributed by atoms with van der Waals surface area (Å²) in [5, 5.41) is 2.84. The standard InChI is InChI=1S/C28H22O2P2S2/c29-31(19-11-3-1-4-12-19)25-21-15-7-9-17-23(21)33-27(25)32(30,20-13-5-2-6-14-20)28-26(31)22-16-8-10-18-24(22)34-28/h1-18,23,26-28H. The van der Waals surface area contributed by atoms with E-state index in [1.807, 2.05) is 78.9 Å². The SMILES string of the molecule is O=P1(c2ccccc2)C2=C3C=CC=CC3SC2P(=O)(c2ccccc2)C2Sc3ccccc3C21. The molecule has 0 bridgehead atoms. The zero-order chi connectivity index (χ0) is 22.9. The second-order valence-electron chi connectivity index (χ2n) is 9.02. The lowest BCUT2D eigenvalue weighted by molar-refractivity contribution is 0.562. The van der Waals surface area contributed by atoms with Gasteiger partial charge < -0.3 is 9.13 Å². The van der Waals surface area contributed by atoms with Crippen LogP contribution in [0.25, 0.3) is 0 Å². The van der Waals surface area contributed by atoms with Gasteiger partial charge in [0.1, 0.15) is 14.3 Å². The average molecular weight is 517 g/mol. The van der Waals surface area contributed by atoms with Crippen LogP contribution in [-0.2, 0) is 9.13 Å². The van der Waals surface area contributed by atoms with Gasteiger partial charge in [0.25, 0.3) is 0 Å².